The molecule has 0 radical (unpaired) electrons. The minimum atomic E-state index is 0.349. The predicted molar refractivity (Wildman–Crippen MR) is 88.1 cm³/mol. The standard InChI is InChI=1S/C18H22N2O/c1-14-4-9-18(21)15(12-14)13-19-16-5-7-17(8-6-16)20-10-2-3-11-20/h4-9,12,19,21H,2-3,10-11,13H2,1H3. The number of rotatable bonds is 4. The molecule has 0 spiro atoms. The van der Waals surface area contributed by atoms with Crippen molar-refractivity contribution in [3.8, 4) is 5.75 Å². The van der Waals surface area contributed by atoms with Crippen molar-refractivity contribution in [2.24, 2.45) is 0 Å². The van der Waals surface area contributed by atoms with Crippen LogP contribution in [0.2, 0.25) is 0 Å². The molecule has 0 saturated carbocycles. The van der Waals surface area contributed by atoms with Gasteiger partial charge in [-0.3, -0.25) is 0 Å². The Labute approximate surface area is 126 Å². The van der Waals surface area contributed by atoms with E-state index in [1.54, 1.807) is 6.07 Å². The van der Waals surface area contributed by atoms with Crippen molar-refractivity contribution >= 4 is 11.4 Å². The van der Waals surface area contributed by atoms with Gasteiger partial charge >= 0.3 is 0 Å². The number of hydrogen-bond donors (Lipinski definition) is 2. The van der Waals surface area contributed by atoms with Crippen LogP contribution in [0, 0.1) is 6.92 Å². The van der Waals surface area contributed by atoms with Crippen molar-refractivity contribution in [2.75, 3.05) is 23.3 Å². The van der Waals surface area contributed by atoms with Gasteiger partial charge in [0.2, 0.25) is 0 Å². The van der Waals surface area contributed by atoms with Crippen LogP contribution in [0.5, 0.6) is 5.75 Å². The lowest BCUT2D eigenvalue weighted by Crippen LogP contribution is -2.17. The summed E-state index contributed by atoms with van der Waals surface area (Å²) < 4.78 is 0. The molecule has 0 atom stereocenters. The van der Waals surface area contributed by atoms with Crippen LogP contribution in [0.1, 0.15) is 24.0 Å². The SMILES string of the molecule is Cc1ccc(O)c(CNc2ccc(N3CCCC3)cc2)c1. The van der Waals surface area contributed by atoms with Crippen LogP contribution < -0.4 is 10.2 Å². The normalized spacial score (nSPS) is 14.4. The number of hydrogen-bond acceptors (Lipinski definition) is 3. The van der Waals surface area contributed by atoms with Crippen LogP contribution >= 0.6 is 0 Å². The van der Waals surface area contributed by atoms with Crippen molar-refractivity contribution < 1.29 is 5.11 Å². The summed E-state index contributed by atoms with van der Waals surface area (Å²) in [5, 5.41) is 13.2. The second-order valence-electron chi connectivity index (χ2n) is 5.73. The smallest absolute Gasteiger partial charge is 0.120 e. The number of nitrogens with zero attached hydrogens (tertiary/aromatic N) is 1. The summed E-state index contributed by atoms with van der Waals surface area (Å²) in [6, 6.07) is 14.3. The van der Waals surface area contributed by atoms with E-state index >= 15 is 0 Å². The fourth-order valence-corrected chi connectivity index (χ4v) is 2.82. The van der Waals surface area contributed by atoms with E-state index in [-0.39, 0.29) is 0 Å². The van der Waals surface area contributed by atoms with Crippen molar-refractivity contribution in [1.29, 1.82) is 0 Å². The van der Waals surface area contributed by atoms with Crippen LogP contribution in [0.3, 0.4) is 0 Å². The van der Waals surface area contributed by atoms with Gasteiger partial charge in [0.05, 0.1) is 0 Å². The third kappa shape index (κ3) is 3.30. The molecule has 21 heavy (non-hydrogen) atoms. The second kappa shape index (κ2) is 6.08. The zero-order valence-corrected chi connectivity index (χ0v) is 12.5. The number of aryl methyl sites for hydroxylation is 1. The highest BCUT2D eigenvalue weighted by Crippen LogP contribution is 2.23. The fourth-order valence-electron chi connectivity index (χ4n) is 2.82. The Bertz CT molecular complexity index is 601. The van der Waals surface area contributed by atoms with E-state index in [1.165, 1.54) is 31.6 Å². The highest BCUT2D eigenvalue weighted by atomic mass is 16.3. The zero-order valence-electron chi connectivity index (χ0n) is 12.5. The molecule has 1 fully saturated rings. The van der Waals surface area contributed by atoms with Gasteiger partial charge in [0, 0.05) is 36.6 Å². The maximum absolute atomic E-state index is 9.85. The Morgan fingerprint density at radius 2 is 1.76 bits per heavy atom. The number of aromatic hydroxyl groups is 1. The first-order valence-corrected chi connectivity index (χ1v) is 7.60. The highest BCUT2D eigenvalue weighted by Gasteiger charge is 2.11. The zero-order chi connectivity index (χ0) is 14.7. The highest BCUT2D eigenvalue weighted by molar-refractivity contribution is 5.56. The number of nitrogens with one attached hydrogen (secondary N) is 1. The summed E-state index contributed by atoms with van der Waals surface area (Å²) in [4.78, 5) is 2.43. The van der Waals surface area contributed by atoms with Crippen LogP contribution in [0.15, 0.2) is 42.5 Å². The summed E-state index contributed by atoms with van der Waals surface area (Å²) in [6.07, 6.45) is 2.60. The number of phenols is 1. The monoisotopic (exact) mass is 282 g/mol. The van der Waals surface area contributed by atoms with Crippen molar-refractivity contribution in [3.63, 3.8) is 0 Å². The van der Waals surface area contributed by atoms with Crippen LogP contribution in [-0.2, 0) is 6.54 Å². The molecule has 2 aromatic carbocycles. The molecule has 3 heteroatoms. The second-order valence-corrected chi connectivity index (χ2v) is 5.73. The molecule has 2 N–H and O–H groups in total. The first kappa shape index (κ1) is 13.8. The lowest BCUT2D eigenvalue weighted by atomic mass is 10.1. The molecule has 1 heterocycles. The minimum Gasteiger partial charge on any atom is -0.508 e. The predicted octanol–water partition coefficient (Wildman–Crippen LogP) is 3.91. The summed E-state index contributed by atoms with van der Waals surface area (Å²) in [7, 11) is 0. The Balaban J connectivity index is 1.64. The number of benzene rings is 2. The molecule has 1 saturated heterocycles. The van der Waals surface area contributed by atoms with Crippen LogP contribution in [0.4, 0.5) is 11.4 Å². The third-order valence-electron chi connectivity index (χ3n) is 4.06. The van der Waals surface area contributed by atoms with E-state index in [9.17, 15) is 5.11 Å². The van der Waals surface area contributed by atoms with Gasteiger partial charge in [-0.25, -0.2) is 0 Å². The Kier molecular flexibility index (Phi) is 4.00. The van der Waals surface area contributed by atoms with Gasteiger partial charge in [0.25, 0.3) is 0 Å². The van der Waals surface area contributed by atoms with Gasteiger partial charge in [-0.15, -0.1) is 0 Å². The summed E-state index contributed by atoms with van der Waals surface area (Å²) in [5.74, 6) is 0.349. The molecule has 0 aliphatic carbocycles. The van der Waals surface area contributed by atoms with Gasteiger partial charge < -0.3 is 15.3 Å². The molecule has 110 valence electrons. The molecule has 1 aliphatic heterocycles. The summed E-state index contributed by atoms with van der Waals surface area (Å²) in [5.41, 5.74) is 4.47. The third-order valence-corrected chi connectivity index (χ3v) is 4.06. The van der Waals surface area contributed by atoms with Crippen LogP contribution in [0.25, 0.3) is 0 Å². The molecular weight excluding hydrogens is 260 g/mol. The first-order valence-electron chi connectivity index (χ1n) is 7.60. The van der Waals surface area contributed by atoms with E-state index in [4.69, 9.17) is 0 Å². The van der Waals surface area contributed by atoms with E-state index in [0.717, 1.165) is 16.8 Å². The molecule has 0 aromatic heterocycles. The Morgan fingerprint density at radius 3 is 2.48 bits per heavy atom. The number of phenolic OH excluding ortho intramolecular Hbond substituents is 1. The van der Waals surface area contributed by atoms with Crippen molar-refractivity contribution in [3.05, 3.63) is 53.6 Å². The average molecular weight is 282 g/mol. The van der Waals surface area contributed by atoms with Gasteiger partial charge in [-0.1, -0.05) is 17.7 Å². The van der Waals surface area contributed by atoms with Gasteiger partial charge in [-0.2, -0.15) is 0 Å². The van der Waals surface area contributed by atoms with E-state index in [0.29, 0.717) is 12.3 Å². The summed E-state index contributed by atoms with van der Waals surface area (Å²) in [6.45, 7) is 5.01. The molecule has 3 rings (SSSR count). The molecule has 1 aliphatic rings. The molecule has 3 nitrogen and oxygen atoms in total. The quantitative estimate of drug-likeness (QED) is 0.892. The fraction of sp³-hybridized carbons (Fsp3) is 0.333. The number of anilines is 2. The summed E-state index contributed by atoms with van der Waals surface area (Å²) >= 11 is 0. The molecule has 0 amide bonds. The first-order chi connectivity index (χ1) is 10.2. The Hall–Kier alpha value is -2.16. The van der Waals surface area contributed by atoms with E-state index < -0.39 is 0 Å². The Morgan fingerprint density at radius 1 is 1.05 bits per heavy atom. The molecular formula is C18H22N2O. The van der Waals surface area contributed by atoms with Gasteiger partial charge in [0.1, 0.15) is 5.75 Å². The molecule has 0 unspecified atom stereocenters. The molecule has 2 aromatic rings. The van der Waals surface area contributed by atoms with Crippen LogP contribution in [-0.4, -0.2) is 18.2 Å². The lowest BCUT2D eigenvalue weighted by molar-refractivity contribution is 0.469. The van der Waals surface area contributed by atoms with Crippen molar-refractivity contribution in [2.45, 2.75) is 26.3 Å². The van der Waals surface area contributed by atoms with Gasteiger partial charge in [-0.05, 0) is 50.1 Å². The average Bonchev–Trinajstić information content (AvgIpc) is 3.03. The largest absolute Gasteiger partial charge is 0.508 e. The minimum absolute atomic E-state index is 0.349. The molecule has 0 bridgehead atoms. The van der Waals surface area contributed by atoms with Crippen molar-refractivity contribution in [1.82, 2.24) is 0 Å². The topological polar surface area (TPSA) is 35.5 Å². The lowest BCUT2D eigenvalue weighted by Gasteiger charge is -2.18. The van der Waals surface area contributed by atoms with E-state index in [2.05, 4.69) is 34.5 Å². The van der Waals surface area contributed by atoms with Gasteiger partial charge in [0.15, 0.2) is 0 Å². The maximum atomic E-state index is 9.85. The maximum Gasteiger partial charge on any atom is 0.120 e. The van der Waals surface area contributed by atoms with E-state index in [1.807, 2.05) is 19.1 Å².